The number of rotatable bonds is 1. The van der Waals surface area contributed by atoms with Gasteiger partial charge in [-0.3, -0.25) is 0 Å². The van der Waals surface area contributed by atoms with Crippen LogP contribution in [-0.2, 0) is 10.0 Å². The third-order valence-electron chi connectivity index (χ3n) is 1.48. The Bertz CT molecular complexity index is 331. The van der Waals surface area contributed by atoms with Crippen molar-refractivity contribution in [2.24, 2.45) is 5.14 Å². The number of alkyl halides is 1. The molecule has 0 aromatic rings. The van der Waals surface area contributed by atoms with Crippen molar-refractivity contribution in [1.29, 1.82) is 0 Å². The van der Waals surface area contributed by atoms with Crippen LogP contribution in [0, 0.1) is 0 Å². The van der Waals surface area contributed by atoms with Crippen LogP contribution in [0.5, 0.6) is 0 Å². The van der Waals surface area contributed by atoms with Crippen molar-refractivity contribution in [3.63, 3.8) is 0 Å². The van der Waals surface area contributed by atoms with Gasteiger partial charge in [-0.05, 0) is 6.08 Å². The second-order valence-corrected chi connectivity index (χ2v) is 4.77. The summed E-state index contributed by atoms with van der Waals surface area (Å²) in [6, 6.07) is 0. The van der Waals surface area contributed by atoms with E-state index < -0.39 is 20.3 Å². The zero-order chi connectivity index (χ0) is 9.41. The summed E-state index contributed by atoms with van der Waals surface area (Å²) in [6.07, 6.45) is 5.33. The van der Waals surface area contributed by atoms with Crippen molar-refractivity contribution in [3.05, 3.63) is 24.3 Å². The van der Waals surface area contributed by atoms with E-state index in [1.54, 1.807) is 0 Å². The largest absolute Gasteiger partial charge is 0.370 e. The molecule has 0 heterocycles. The van der Waals surface area contributed by atoms with E-state index in [0.717, 1.165) is 0 Å². The van der Waals surface area contributed by atoms with Crippen LogP contribution >= 0.6 is 11.6 Å². The quantitative estimate of drug-likeness (QED) is 0.582. The van der Waals surface area contributed by atoms with Gasteiger partial charge in [0.2, 0.25) is 10.0 Å². The Morgan fingerprint density at radius 2 is 2.08 bits per heavy atom. The Kier molecular flexibility index (Phi) is 2.31. The Hall–Kier alpha value is -0.360. The van der Waals surface area contributed by atoms with E-state index in [1.807, 2.05) is 0 Å². The van der Waals surface area contributed by atoms with Gasteiger partial charge >= 0.3 is 0 Å². The lowest BCUT2D eigenvalue weighted by molar-refractivity contribution is 0.184. The zero-order valence-corrected chi connectivity index (χ0v) is 7.59. The number of nitrogens with two attached hydrogens (primary N) is 1. The summed E-state index contributed by atoms with van der Waals surface area (Å²) in [5.74, 6) is 0. The van der Waals surface area contributed by atoms with Gasteiger partial charge in [0.1, 0.15) is 5.25 Å². The van der Waals surface area contributed by atoms with Crippen molar-refractivity contribution in [3.8, 4) is 0 Å². The highest BCUT2D eigenvalue weighted by Gasteiger charge is 2.39. The van der Waals surface area contributed by atoms with E-state index >= 15 is 0 Å². The van der Waals surface area contributed by atoms with Crippen molar-refractivity contribution in [1.82, 2.24) is 0 Å². The zero-order valence-electron chi connectivity index (χ0n) is 6.01. The van der Waals surface area contributed by atoms with Crippen molar-refractivity contribution in [2.75, 3.05) is 0 Å². The van der Waals surface area contributed by atoms with E-state index in [9.17, 15) is 13.5 Å². The highest BCUT2D eigenvalue weighted by molar-refractivity contribution is 7.90. The molecule has 2 unspecified atom stereocenters. The van der Waals surface area contributed by atoms with Gasteiger partial charge < -0.3 is 5.11 Å². The first-order chi connectivity index (χ1) is 5.34. The second-order valence-electron chi connectivity index (χ2n) is 2.48. The topological polar surface area (TPSA) is 80.4 Å². The third kappa shape index (κ3) is 1.87. The minimum absolute atomic E-state index is 1.17. The fraction of sp³-hybridized carbons (Fsp3) is 0.333. The first-order valence-electron chi connectivity index (χ1n) is 3.13. The van der Waals surface area contributed by atoms with Crippen LogP contribution in [0.25, 0.3) is 0 Å². The summed E-state index contributed by atoms with van der Waals surface area (Å²) in [6.45, 7) is 0. The van der Waals surface area contributed by atoms with Crippen LogP contribution in [0.3, 0.4) is 0 Å². The Morgan fingerprint density at radius 3 is 2.42 bits per heavy atom. The van der Waals surface area contributed by atoms with Gasteiger partial charge in [0, 0.05) is 0 Å². The molecular formula is C6H8ClNO3S. The maximum Gasteiger partial charge on any atom is 0.220 e. The molecule has 0 aromatic heterocycles. The standard InChI is InChI=1S/C6H8ClNO3S/c7-6(9)4-2-1-3-5(6)12(8,10)11/h1-5,9H,(H2,8,10,11). The van der Waals surface area contributed by atoms with Crippen LogP contribution in [0.2, 0.25) is 0 Å². The first-order valence-corrected chi connectivity index (χ1v) is 5.12. The number of halogens is 1. The molecule has 0 amide bonds. The number of hydrogen-bond donors (Lipinski definition) is 2. The lowest BCUT2D eigenvalue weighted by Gasteiger charge is -2.25. The van der Waals surface area contributed by atoms with E-state index in [-0.39, 0.29) is 0 Å². The molecule has 68 valence electrons. The van der Waals surface area contributed by atoms with Crippen molar-refractivity contribution in [2.45, 2.75) is 10.3 Å². The molecule has 3 N–H and O–H groups in total. The van der Waals surface area contributed by atoms with Gasteiger partial charge in [-0.15, -0.1) is 0 Å². The SMILES string of the molecule is NS(=O)(=O)C1C=CC=CC1(O)Cl. The van der Waals surface area contributed by atoms with Crippen LogP contribution in [0.15, 0.2) is 24.3 Å². The molecule has 0 saturated carbocycles. The first kappa shape index (κ1) is 9.73. The normalized spacial score (nSPS) is 35.4. The minimum Gasteiger partial charge on any atom is -0.370 e. The Balaban J connectivity index is 3.08. The summed E-state index contributed by atoms with van der Waals surface area (Å²) in [7, 11) is -3.85. The van der Waals surface area contributed by atoms with Gasteiger partial charge in [0.05, 0.1) is 0 Å². The van der Waals surface area contributed by atoms with Gasteiger partial charge in [0.15, 0.2) is 5.06 Å². The molecular weight excluding hydrogens is 202 g/mol. The number of sulfonamides is 1. The number of allylic oxidation sites excluding steroid dienone is 2. The molecule has 4 nitrogen and oxygen atoms in total. The fourth-order valence-electron chi connectivity index (χ4n) is 0.925. The molecule has 0 spiro atoms. The lowest BCUT2D eigenvalue weighted by Crippen LogP contribution is -2.43. The highest BCUT2D eigenvalue weighted by Crippen LogP contribution is 2.26. The number of primary sulfonamides is 1. The van der Waals surface area contributed by atoms with Crippen molar-refractivity contribution < 1.29 is 13.5 Å². The summed E-state index contributed by atoms with van der Waals surface area (Å²) in [5, 5.41) is 11.0. The van der Waals surface area contributed by atoms with Gasteiger partial charge in [0.25, 0.3) is 0 Å². The molecule has 1 rings (SSSR count). The molecule has 1 aliphatic carbocycles. The van der Waals surface area contributed by atoms with E-state index in [2.05, 4.69) is 0 Å². The minimum atomic E-state index is -3.85. The fourth-order valence-corrected chi connectivity index (χ4v) is 2.29. The van der Waals surface area contributed by atoms with Gasteiger partial charge in [-0.2, -0.15) is 0 Å². The van der Waals surface area contributed by atoms with Crippen LogP contribution in [0.1, 0.15) is 0 Å². The van der Waals surface area contributed by atoms with Gasteiger partial charge in [-0.25, -0.2) is 13.6 Å². The predicted molar refractivity (Wildman–Crippen MR) is 46.0 cm³/mol. The van der Waals surface area contributed by atoms with Crippen LogP contribution < -0.4 is 5.14 Å². The molecule has 0 aliphatic heterocycles. The van der Waals surface area contributed by atoms with E-state index in [0.29, 0.717) is 0 Å². The average Bonchev–Trinajstić information content (AvgIpc) is 1.83. The summed E-state index contributed by atoms with van der Waals surface area (Å²) >= 11 is 5.48. The molecule has 1 aliphatic rings. The summed E-state index contributed by atoms with van der Waals surface area (Å²) < 4.78 is 21.7. The Morgan fingerprint density at radius 1 is 1.50 bits per heavy atom. The maximum absolute atomic E-state index is 10.9. The third-order valence-corrected chi connectivity index (χ3v) is 3.19. The molecule has 12 heavy (non-hydrogen) atoms. The molecule has 2 atom stereocenters. The summed E-state index contributed by atoms with van der Waals surface area (Å²) in [5.41, 5.74) is 0. The molecule has 6 heteroatoms. The summed E-state index contributed by atoms with van der Waals surface area (Å²) in [4.78, 5) is 0. The monoisotopic (exact) mass is 209 g/mol. The maximum atomic E-state index is 10.9. The molecule has 0 fully saturated rings. The molecule has 0 saturated heterocycles. The lowest BCUT2D eigenvalue weighted by atomic mass is 10.1. The van der Waals surface area contributed by atoms with E-state index in [1.165, 1.54) is 24.3 Å². The van der Waals surface area contributed by atoms with Crippen LogP contribution in [-0.4, -0.2) is 23.8 Å². The predicted octanol–water partition coefficient (Wildman–Crippen LogP) is -0.303. The Labute approximate surface area is 75.4 Å². The second kappa shape index (κ2) is 2.85. The molecule has 0 bridgehead atoms. The van der Waals surface area contributed by atoms with E-state index in [4.69, 9.17) is 16.7 Å². The number of hydrogen-bond acceptors (Lipinski definition) is 3. The molecule has 0 aromatic carbocycles. The van der Waals surface area contributed by atoms with Crippen LogP contribution in [0.4, 0.5) is 0 Å². The smallest absolute Gasteiger partial charge is 0.220 e. The van der Waals surface area contributed by atoms with Gasteiger partial charge in [-0.1, -0.05) is 29.8 Å². The highest BCUT2D eigenvalue weighted by atomic mass is 35.5. The van der Waals surface area contributed by atoms with Crippen molar-refractivity contribution >= 4 is 21.6 Å². The number of aliphatic hydroxyl groups is 1. The molecule has 0 radical (unpaired) electrons. The average molecular weight is 210 g/mol.